The van der Waals surface area contributed by atoms with Crippen molar-refractivity contribution in [3.63, 3.8) is 0 Å². The Bertz CT molecular complexity index is 577. The predicted octanol–water partition coefficient (Wildman–Crippen LogP) is 1.04. The van der Waals surface area contributed by atoms with Gasteiger partial charge in [-0.25, -0.2) is 4.68 Å². The molecule has 0 aliphatic heterocycles. The van der Waals surface area contributed by atoms with E-state index in [-0.39, 0.29) is 5.91 Å². The molecule has 0 spiro atoms. The first kappa shape index (κ1) is 13.7. The van der Waals surface area contributed by atoms with Gasteiger partial charge in [-0.1, -0.05) is 25.3 Å². The summed E-state index contributed by atoms with van der Waals surface area (Å²) in [5.74, 6) is -0.0154. The summed E-state index contributed by atoms with van der Waals surface area (Å²) < 4.78 is 1.62. The lowest BCUT2D eigenvalue weighted by molar-refractivity contribution is -0.132. The number of hydrogen-bond donors (Lipinski definition) is 1. The Labute approximate surface area is 122 Å². The fraction of sp³-hybridized carbons (Fsp3) is 0.500. The van der Waals surface area contributed by atoms with Crippen LogP contribution < -0.4 is 5.32 Å². The van der Waals surface area contributed by atoms with E-state index in [4.69, 9.17) is 0 Å². The van der Waals surface area contributed by atoms with Gasteiger partial charge in [-0.2, -0.15) is 0 Å². The number of hydrogen-bond acceptors (Lipinski definition) is 5. The number of rotatable bonds is 4. The molecule has 0 radical (unpaired) electrons. The van der Waals surface area contributed by atoms with Gasteiger partial charge < -0.3 is 5.32 Å². The van der Waals surface area contributed by atoms with Crippen molar-refractivity contribution in [3.05, 3.63) is 36.4 Å². The Hall–Kier alpha value is -2.31. The van der Waals surface area contributed by atoms with Crippen LogP contribution in [0.15, 0.2) is 30.9 Å². The van der Waals surface area contributed by atoms with Crippen LogP contribution in [0, 0.1) is 0 Å². The van der Waals surface area contributed by atoms with E-state index in [1.54, 1.807) is 17.1 Å². The highest BCUT2D eigenvalue weighted by Crippen LogP contribution is 2.34. The van der Waals surface area contributed by atoms with E-state index in [2.05, 4.69) is 25.8 Å². The zero-order chi connectivity index (χ0) is 14.5. The zero-order valence-corrected chi connectivity index (χ0v) is 11.8. The molecule has 2 aromatic heterocycles. The quantitative estimate of drug-likeness (QED) is 0.907. The number of nitrogens with one attached hydrogen (secondary N) is 1. The second-order valence-corrected chi connectivity index (χ2v) is 5.39. The lowest BCUT2D eigenvalue weighted by Crippen LogP contribution is -2.50. The van der Waals surface area contributed by atoms with E-state index in [0.717, 1.165) is 37.7 Å². The van der Waals surface area contributed by atoms with Crippen LogP contribution >= 0.6 is 0 Å². The number of tetrazole rings is 1. The van der Waals surface area contributed by atoms with Crippen molar-refractivity contribution in [2.24, 2.45) is 0 Å². The molecule has 0 bridgehead atoms. The number of aromatic nitrogens is 5. The summed E-state index contributed by atoms with van der Waals surface area (Å²) in [6.07, 6.45) is 9.74. The van der Waals surface area contributed by atoms with E-state index in [1.807, 2.05) is 12.1 Å². The molecule has 110 valence electrons. The summed E-state index contributed by atoms with van der Waals surface area (Å²) in [5.41, 5.74) is 0.331. The zero-order valence-electron chi connectivity index (χ0n) is 11.8. The van der Waals surface area contributed by atoms with Gasteiger partial charge in [0.15, 0.2) is 0 Å². The fourth-order valence-electron chi connectivity index (χ4n) is 2.90. The van der Waals surface area contributed by atoms with E-state index in [0.29, 0.717) is 6.54 Å². The van der Waals surface area contributed by atoms with Gasteiger partial charge in [0.05, 0.1) is 0 Å². The molecule has 1 N–H and O–H groups in total. The smallest absolute Gasteiger partial charge is 0.248 e. The van der Waals surface area contributed by atoms with Gasteiger partial charge in [0, 0.05) is 18.9 Å². The van der Waals surface area contributed by atoms with Crippen LogP contribution in [0.5, 0.6) is 0 Å². The molecule has 7 heteroatoms. The number of carbonyl (C=O) groups is 1. The molecule has 7 nitrogen and oxygen atoms in total. The van der Waals surface area contributed by atoms with E-state index >= 15 is 0 Å². The Morgan fingerprint density at radius 1 is 1.33 bits per heavy atom. The molecular weight excluding hydrogens is 268 g/mol. The van der Waals surface area contributed by atoms with Crippen molar-refractivity contribution in [2.45, 2.75) is 44.2 Å². The average molecular weight is 286 g/mol. The lowest BCUT2D eigenvalue weighted by atomic mass is 9.81. The number of carbonyl (C=O) groups excluding carboxylic acids is 1. The van der Waals surface area contributed by atoms with Gasteiger partial charge in [-0.15, -0.1) is 5.10 Å². The third-order valence-corrected chi connectivity index (χ3v) is 4.07. The van der Waals surface area contributed by atoms with Crippen molar-refractivity contribution in [2.75, 3.05) is 0 Å². The maximum atomic E-state index is 12.7. The molecule has 0 saturated heterocycles. The minimum atomic E-state index is -0.649. The number of nitrogens with zero attached hydrogens (tertiary/aromatic N) is 5. The van der Waals surface area contributed by atoms with Crippen molar-refractivity contribution in [1.29, 1.82) is 0 Å². The summed E-state index contributed by atoms with van der Waals surface area (Å²) in [7, 11) is 0. The van der Waals surface area contributed by atoms with E-state index in [1.165, 1.54) is 6.33 Å². The highest BCUT2D eigenvalue weighted by Gasteiger charge is 2.42. The first-order valence-corrected chi connectivity index (χ1v) is 7.22. The molecule has 2 heterocycles. The maximum Gasteiger partial charge on any atom is 0.248 e. The molecule has 1 aliphatic rings. The van der Waals surface area contributed by atoms with Crippen LogP contribution in [0.3, 0.4) is 0 Å². The third kappa shape index (κ3) is 2.76. The molecule has 1 saturated carbocycles. The Morgan fingerprint density at radius 3 is 2.86 bits per heavy atom. The minimum absolute atomic E-state index is 0.0154. The Balaban J connectivity index is 1.75. The van der Waals surface area contributed by atoms with Crippen LogP contribution in [0.1, 0.15) is 37.7 Å². The van der Waals surface area contributed by atoms with Gasteiger partial charge in [0.2, 0.25) is 5.91 Å². The molecule has 3 rings (SSSR count). The summed E-state index contributed by atoms with van der Waals surface area (Å²) in [6.45, 7) is 0.469. The molecule has 0 aromatic carbocycles. The summed E-state index contributed by atoms with van der Waals surface area (Å²) in [5, 5.41) is 14.3. The SMILES string of the molecule is O=C(NCc1cccnc1)C1(n2cnnn2)CCCCC1. The highest BCUT2D eigenvalue weighted by atomic mass is 16.2. The van der Waals surface area contributed by atoms with Crippen molar-refractivity contribution in [1.82, 2.24) is 30.5 Å². The maximum absolute atomic E-state index is 12.7. The molecule has 1 fully saturated rings. The van der Waals surface area contributed by atoms with Crippen molar-refractivity contribution in [3.8, 4) is 0 Å². The molecule has 0 unspecified atom stereocenters. The first-order chi connectivity index (χ1) is 10.3. The molecule has 0 atom stereocenters. The Kier molecular flexibility index (Phi) is 3.89. The fourth-order valence-corrected chi connectivity index (χ4v) is 2.90. The number of amides is 1. The van der Waals surface area contributed by atoms with Crippen molar-refractivity contribution < 1.29 is 4.79 Å². The highest BCUT2D eigenvalue weighted by molar-refractivity contribution is 5.84. The van der Waals surface area contributed by atoms with Crippen LogP contribution in [0.2, 0.25) is 0 Å². The van der Waals surface area contributed by atoms with Crippen LogP contribution in [-0.4, -0.2) is 31.1 Å². The minimum Gasteiger partial charge on any atom is -0.350 e. The van der Waals surface area contributed by atoms with E-state index < -0.39 is 5.54 Å². The summed E-state index contributed by atoms with van der Waals surface area (Å²) >= 11 is 0. The summed E-state index contributed by atoms with van der Waals surface area (Å²) in [4.78, 5) is 16.8. The van der Waals surface area contributed by atoms with E-state index in [9.17, 15) is 4.79 Å². The monoisotopic (exact) mass is 286 g/mol. The molecule has 21 heavy (non-hydrogen) atoms. The second kappa shape index (κ2) is 5.99. The normalized spacial score (nSPS) is 17.3. The molecule has 1 aliphatic carbocycles. The first-order valence-electron chi connectivity index (χ1n) is 7.22. The van der Waals surface area contributed by atoms with Crippen LogP contribution in [-0.2, 0) is 16.9 Å². The van der Waals surface area contributed by atoms with Crippen LogP contribution in [0.4, 0.5) is 0 Å². The average Bonchev–Trinajstić information content (AvgIpc) is 3.09. The molecular formula is C14H18N6O. The Morgan fingerprint density at radius 2 is 2.19 bits per heavy atom. The van der Waals surface area contributed by atoms with Gasteiger partial charge in [0.25, 0.3) is 0 Å². The third-order valence-electron chi connectivity index (χ3n) is 4.07. The van der Waals surface area contributed by atoms with Gasteiger partial charge in [-0.05, 0) is 34.9 Å². The molecule has 1 amide bonds. The van der Waals surface area contributed by atoms with Gasteiger partial charge in [-0.3, -0.25) is 9.78 Å². The lowest BCUT2D eigenvalue weighted by Gasteiger charge is -2.35. The molecule has 2 aromatic rings. The predicted molar refractivity (Wildman–Crippen MR) is 75.0 cm³/mol. The van der Waals surface area contributed by atoms with Gasteiger partial charge >= 0.3 is 0 Å². The largest absolute Gasteiger partial charge is 0.350 e. The topological polar surface area (TPSA) is 85.6 Å². The standard InChI is InChI=1S/C14H18N6O/c21-13(16-10-12-5-4-8-15-9-12)14(6-2-1-3-7-14)20-11-17-18-19-20/h4-5,8-9,11H,1-3,6-7,10H2,(H,16,21). The van der Waals surface area contributed by atoms with Gasteiger partial charge in [0.1, 0.15) is 11.9 Å². The summed E-state index contributed by atoms with van der Waals surface area (Å²) in [6, 6.07) is 3.80. The second-order valence-electron chi connectivity index (χ2n) is 5.39. The number of pyridine rings is 1. The van der Waals surface area contributed by atoms with Crippen molar-refractivity contribution >= 4 is 5.91 Å². The van der Waals surface area contributed by atoms with Crippen LogP contribution in [0.25, 0.3) is 0 Å².